The Bertz CT molecular complexity index is 551. The second kappa shape index (κ2) is 6.77. The zero-order chi connectivity index (χ0) is 15.5. The number of benzene rings is 1. The Morgan fingerprint density at radius 1 is 1.33 bits per heavy atom. The highest BCUT2D eigenvalue weighted by Gasteiger charge is 2.36. The highest BCUT2D eigenvalue weighted by Crippen LogP contribution is 2.24. The van der Waals surface area contributed by atoms with Crippen molar-refractivity contribution >= 4 is 9.84 Å². The minimum absolute atomic E-state index is 0.268. The molecule has 0 saturated carbocycles. The summed E-state index contributed by atoms with van der Waals surface area (Å²) in [4.78, 5) is 2.38. The molecule has 0 amide bonds. The lowest BCUT2D eigenvalue weighted by Gasteiger charge is -2.35. The van der Waals surface area contributed by atoms with Crippen molar-refractivity contribution in [2.75, 3.05) is 33.3 Å². The quantitative estimate of drug-likeness (QED) is 0.818. The van der Waals surface area contributed by atoms with E-state index >= 15 is 0 Å². The number of nitrogens with one attached hydrogen (secondary N) is 1. The number of likely N-dealkylation sites (tertiary alicyclic amines) is 1. The standard InChI is InChI=1S/C15H24N2O3S/c1-4-16-12(2)11-20-13-5-7-14(8-6-13)21(18,19)15-9-17(3)10-15/h5-8,12,15-16H,4,9-11H2,1-3H3/t12-/m0/s1. The maximum Gasteiger partial charge on any atom is 0.183 e. The second-order valence-electron chi connectivity index (χ2n) is 5.63. The van der Waals surface area contributed by atoms with Gasteiger partial charge in [-0.25, -0.2) is 8.42 Å². The number of nitrogens with zero attached hydrogens (tertiary/aromatic N) is 1. The van der Waals surface area contributed by atoms with Crippen molar-refractivity contribution in [3.05, 3.63) is 24.3 Å². The van der Waals surface area contributed by atoms with Gasteiger partial charge in [0, 0.05) is 19.1 Å². The number of rotatable bonds is 7. The number of ether oxygens (including phenoxy) is 1. The average molecular weight is 312 g/mol. The molecule has 6 heteroatoms. The van der Waals surface area contributed by atoms with Crippen LogP contribution in [0, 0.1) is 0 Å². The summed E-state index contributed by atoms with van der Waals surface area (Å²) in [6.45, 7) is 6.79. The molecule has 118 valence electrons. The van der Waals surface area contributed by atoms with Gasteiger partial charge in [-0.3, -0.25) is 0 Å². The summed E-state index contributed by atoms with van der Waals surface area (Å²) in [5.74, 6) is 0.699. The Morgan fingerprint density at radius 2 is 1.95 bits per heavy atom. The van der Waals surface area contributed by atoms with E-state index in [1.54, 1.807) is 24.3 Å². The van der Waals surface area contributed by atoms with E-state index in [9.17, 15) is 8.42 Å². The summed E-state index contributed by atoms with van der Waals surface area (Å²) in [7, 11) is -1.28. The first-order chi connectivity index (χ1) is 9.93. The first kappa shape index (κ1) is 16.3. The van der Waals surface area contributed by atoms with E-state index in [0.717, 1.165) is 6.54 Å². The van der Waals surface area contributed by atoms with E-state index in [1.165, 1.54) is 0 Å². The van der Waals surface area contributed by atoms with Crippen molar-refractivity contribution in [1.29, 1.82) is 0 Å². The van der Waals surface area contributed by atoms with Gasteiger partial charge in [0.2, 0.25) is 0 Å². The molecule has 1 aliphatic heterocycles. The molecule has 0 bridgehead atoms. The number of sulfone groups is 1. The molecule has 2 rings (SSSR count). The largest absolute Gasteiger partial charge is 0.492 e. The van der Waals surface area contributed by atoms with Gasteiger partial charge in [0.1, 0.15) is 12.4 Å². The van der Waals surface area contributed by atoms with Crippen molar-refractivity contribution in [2.24, 2.45) is 0 Å². The summed E-state index contributed by atoms with van der Waals surface area (Å²) >= 11 is 0. The zero-order valence-corrected chi connectivity index (χ0v) is 13.7. The average Bonchev–Trinajstić information content (AvgIpc) is 2.42. The fraction of sp³-hybridized carbons (Fsp3) is 0.600. The first-order valence-corrected chi connectivity index (χ1v) is 8.86. The molecule has 1 aromatic carbocycles. The van der Waals surface area contributed by atoms with Crippen LogP contribution in [0.2, 0.25) is 0 Å². The molecule has 1 saturated heterocycles. The number of hydrogen-bond acceptors (Lipinski definition) is 5. The highest BCUT2D eigenvalue weighted by atomic mass is 32.2. The van der Waals surface area contributed by atoms with Gasteiger partial charge in [-0.1, -0.05) is 6.92 Å². The van der Waals surface area contributed by atoms with Crippen LogP contribution >= 0.6 is 0 Å². The highest BCUT2D eigenvalue weighted by molar-refractivity contribution is 7.92. The molecule has 1 heterocycles. The Balaban J connectivity index is 1.95. The van der Waals surface area contributed by atoms with Crippen molar-refractivity contribution < 1.29 is 13.2 Å². The van der Waals surface area contributed by atoms with Gasteiger partial charge in [0.15, 0.2) is 9.84 Å². The Kier molecular flexibility index (Phi) is 5.24. The normalized spacial score (nSPS) is 18.2. The lowest BCUT2D eigenvalue weighted by Crippen LogP contribution is -2.52. The van der Waals surface area contributed by atoms with Crippen molar-refractivity contribution in [1.82, 2.24) is 10.2 Å². The molecule has 0 unspecified atom stereocenters. The third kappa shape index (κ3) is 3.96. The van der Waals surface area contributed by atoms with Crippen LogP contribution in [0.1, 0.15) is 13.8 Å². The molecular weight excluding hydrogens is 288 g/mol. The van der Waals surface area contributed by atoms with Crippen LogP contribution in [0.4, 0.5) is 0 Å². The number of hydrogen-bond donors (Lipinski definition) is 1. The molecule has 1 fully saturated rings. The van der Waals surface area contributed by atoms with Crippen molar-refractivity contribution in [2.45, 2.75) is 30.0 Å². The van der Waals surface area contributed by atoms with E-state index in [-0.39, 0.29) is 11.3 Å². The topological polar surface area (TPSA) is 58.6 Å². The van der Waals surface area contributed by atoms with Crippen LogP contribution < -0.4 is 10.1 Å². The maximum absolute atomic E-state index is 12.3. The molecule has 1 aromatic rings. The third-order valence-corrected chi connectivity index (χ3v) is 5.78. The summed E-state index contributed by atoms with van der Waals surface area (Å²) in [6.07, 6.45) is 0. The van der Waals surface area contributed by atoms with Gasteiger partial charge in [-0.2, -0.15) is 0 Å². The van der Waals surface area contributed by atoms with E-state index in [1.807, 2.05) is 18.9 Å². The van der Waals surface area contributed by atoms with E-state index in [4.69, 9.17) is 4.74 Å². The van der Waals surface area contributed by atoms with Gasteiger partial charge < -0.3 is 15.0 Å². The van der Waals surface area contributed by atoms with E-state index in [0.29, 0.717) is 30.3 Å². The Labute approximate surface area is 127 Å². The molecule has 0 aromatic heterocycles. The molecule has 0 aliphatic carbocycles. The molecule has 1 N–H and O–H groups in total. The van der Waals surface area contributed by atoms with Crippen molar-refractivity contribution in [3.8, 4) is 5.75 Å². The maximum atomic E-state index is 12.3. The van der Waals surface area contributed by atoms with Crippen LogP contribution in [-0.4, -0.2) is 57.9 Å². The molecule has 1 aliphatic rings. The Hall–Kier alpha value is -1.11. The molecule has 5 nitrogen and oxygen atoms in total. The fourth-order valence-corrected chi connectivity index (χ4v) is 4.19. The van der Waals surface area contributed by atoms with Crippen LogP contribution in [0.3, 0.4) is 0 Å². The van der Waals surface area contributed by atoms with Crippen LogP contribution in [0.15, 0.2) is 29.2 Å². The van der Waals surface area contributed by atoms with Gasteiger partial charge >= 0.3 is 0 Å². The summed E-state index contributed by atoms with van der Waals surface area (Å²) < 4.78 is 30.3. The first-order valence-electron chi connectivity index (χ1n) is 7.32. The van der Waals surface area contributed by atoms with E-state index < -0.39 is 9.84 Å². The predicted molar refractivity (Wildman–Crippen MR) is 83.5 cm³/mol. The SMILES string of the molecule is CCN[C@@H](C)COc1ccc(S(=O)(=O)C2CN(C)C2)cc1. The molecule has 0 spiro atoms. The minimum atomic E-state index is -3.20. The smallest absolute Gasteiger partial charge is 0.183 e. The lowest BCUT2D eigenvalue weighted by atomic mass is 10.2. The Morgan fingerprint density at radius 3 is 2.48 bits per heavy atom. The summed E-state index contributed by atoms with van der Waals surface area (Å²) in [5.41, 5.74) is 0. The lowest BCUT2D eigenvalue weighted by molar-refractivity contribution is 0.232. The molecule has 0 radical (unpaired) electrons. The van der Waals surface area contributed by atoms with Gasteiger partial charge in [0.05, 0.1) is 10.1 Å². The molecule has 21 heavy (non-hydrogen) atoms. The van der Waals surface area contributed by atoms with Crippen LogP contribution in [0.25, 0.3) is 0 Å². The summed E-state index contributed by atoms with van der Waals surface area (Å²) in [6, 6.07) is 7.01. The van der Waals surface area contributed by atoms with Crippen LogP contribution in [-0.2, 0) is 9.84 Å². The fourth-order valence-electron chi connectivity index (χ4n) is 2.38. The van der Waals surface area contributed by atoms with Crippen molar-refractivity contribution in [3.63, 3.8) is 0 Å². The third-order valence-electron chi connectivity index (χ3n) is 3.67. The molecule has 1 atom stereocenters. The summed E-state index contributed by atoms with van der Waals surface area (Å²) in [5, 5.41) is 2.99. The number of likely N-dealkylation sites (N-methyl/N-ethyl adjacent to an activating group) is 1. The second-order valence-corrected chi connectivity index (χ2v) is 7.86. The van der Waals surface area contributed by atoms with Crippen LogP contribution in [0.5, 0.6) is 5.75 Å². The minimum Gasteiger partial charge on any atom is -0.492 e. The zero-order valence-electron chi connectivity index (χ0n) is 12.9. The monoisotopic (exact) mass is 312 g/mol. The van der Waals surface area contributed by atoms with Gasteiger partial charge in [0.25, 0.3) is 0 Å². The van der Waals surface area contributed by atoms with Gasteiger partial charge in [-0.15, -0.1) is 0 Å². The predicted octanol–water partition coefficient (Wildman–Crippen LogP) is 1.15. The van der Waals surface area contributed by atoms with E-state index in [2.05, 4.69) is 12.2 Å². The van der Waals surface area contributed by atoms with Gasteiger partial charge in [-0.05, 0) is 44.8 Å². The molecular formula is C15H24N2O3S.